The average Bonchev–Trinajstić information content (AvgIpc) is 2.64. The van der Waals surface area contributed by atoms with Crippen LogP contribution in [0.1, 0.15) is 11.6 Å². The van der Waals surface area contributed by atoms with Crippen molar-refractivity contribution in [3.8, 4) is 0 Å². The fourth-order valence-electron chi connectivity index (χ4n) is 1.57. The van der Waals surface area contributed by atoms with E-state index in [2.05, 4.69) is 17.1 Å². The predicted molar refractivity (Wildman–Crippen MR) is 57.1 cm³/mol. The molecule has 0 aliphatic carbocycles. The fraction of sp³-hybridized carbons (Fsp3) is 0.273. The number of aromatic nitrogens is 1. The fourth-order valence-corrected chi connectivity index (χ4v) is 1.57. The van der Waals surface area contributed by atoms with Crippen LogP contribution < -0.4 is 5.73 Å². The summed E-state index contributed by atoms with van der Waals surface area (Å²) in [6, 6.07) is 8.17. The SMILES string of the molecule is COC[C@@H](N)c1ccc2cc[nH]c2c1. The van der Waals surface area contributed by atoms with Crippen LogP contribution in [-0.4, -0.2) is 18.7 Å². The van der Waals surface area contributed by atoms with Crippen LogP contribution >= 0.6 is 0 Å². The van der Waals surface area contributed by atoms with Crippen molar-refractivity contribution in [2.75, 3.05) is 13.7 Å². The topological polar surface area (TPSA) is 51.0 Å². The van der Waals surface area contributed by atoms with Crippen LogP contribution in [0.2, 0.25) is 0 Å². The molecule has 0 fully saturated rings. The van der Waals surface area contributed by atoms with Gasteiger partial charge in [0.05, 0.1) is 12.6 Å². The first-order valence-corrected chi connectivity index (χ1v) is 4.63. The van der Waals surface area contributed by atoms with Gasteiger partial charge >= 0.3 is 0 Å². The summed E-state index contributed by atoms with van der Waals surface area (Å²) < 4.78 is 5.02. The second-order valence-corrected chi connectivity index (χ2v) is 3.39. The van der Waals surface area contributed by atoms with Crippen molar-refractivity contribution in [2.24, 2.45) is 5.73 Å². The van der Waals surface area contributed by atoms with E-state index in [0.29, 0.717) is 6.61 Å². The maximum Gasteiger partial charge on any atom is 0.0655 e. The number of rotatable bonds is 3. The molecule has 1 heterocycles. The molecule has 0 radical (unpaired) electrons. The number of benzene rings is 1. The van der Waals surface area contributed by atoms with Crippen LogP contribution in [0.15, 0.2) is 30.5 Å². The Bertz CT molecular complexity index is 422. The molecule has 74 valence electrons. The molecule has 14 heavy (non-hydrogen) atoms. The molecule has 3 heteroatoms. The van der Waals surface area contributed by atoms with E-state index in [9.17, 15) is 0 Å². The molecule has 0 bridgehead atoms. The number of aromatic amines is 1. The predicted octanol–water partition coefficient (Wildman–Crippen LogP) is 1.81. The van der Waals surface area contributed by atoms with E-state index >= 15 is 0 Å². The molecule has 0 saturated carbocycles. The summed E-state index contributed by atoms with van der Waals surface area (Å²) in [5.74, 6) is 0. The monoisotopic (exact) mass is 190 g/mol. The summed E-state index contributed by atoms with van der Waals surface area (Å²) in [7, 11) is 1.66. The minimum absolute atomic E-state index is 0.0484. The number of methoxy groups -OCH3 is 1. The first kappa shape index (κ1) is 9.24. The van der Waals surface area contributed by atoms with E-state index in [1.54, 1.807) is 7.11 Å². The Morgan fingerprint density at radius 1 is 1.43 bits per heavy atom. The maximum atomic E-state index is 5.93. The summed E-state index contributed by atoms with van der Waals surface area (Å²) in [6.45, 7) is 0.548. The molecule has 1 aromatic carbocycles. The van der Waals surface area contributed by atoms with Crippen LogP contribution in [0.3, 0.4) is 0 Å². The van der Waals surface area contributed by atoms with Gasteiger partial charge in [-0.15, -0.1) is 0 Å². The van der Waals surface area contributed by atoms with Gasteiger partial charge in [-0.3, -0.25) is 0 Å². The number of fused-ring (bicyclic) bond motifs is 1. The van der Waals surface area contributed by atoms with Crippen molar-refractivity contribution in [3.05, 3.63) is 36.0 Å². The summed E-state index contributed by atoms with van der Waals surface area (Å²) in [6.07, 6.45) is 1.93. The lowest BCUT2D eigenvalue weighted by atomic mass is 10.1. The zero-order valence-corrected chi connectivity index (χ0v) is 8.16. The molecule has 3 nitrogen and oxygen atoms in total. The number of H-pyrrole nitrogens is 1. The third kappa shape index (κ3) is 1.64. The minimum atomic E-state index is -0.0484. The van der Waals surface area contributed by atoms with Crippen molar-refractivity contribution in [3.63, 3.8) is 0 Å². The Morgan fingerprint density at radius 2 is 2.29 bits per heavy atom. The van der Waals surface area contributed by atoms with Gasteiger partial charge in [-0.1, -0.05) is 12.1 Å². The maximum absolute atomic E-state index is 5.93. The minimum Gasteiger partial charge on any atom is -0.383 e. The summed E-state index contributed by atoms with van der Waals surface area (Å²) >= 11 is 0. The first-order chi connectivity index (χ1) is 6.81. The van der Waals surface area contributed by atoms with Gasteiger partial charge in [-0.25, -0.2) is 0 Å². The number of hydrogen-bond donors (Lipinski definition) is 2. The number of ether oxygens (including phenoxy) is 1. The summed E-state index contributed by atoms with van der Waals surface area (Å²) in [5.41, 5.74) is 8.14. The molecule has 0 amide bonds. The van der Waals surface area contributed by atoms with Crippen LogP contribution in [0.4, 0.5) is 0 Å². The molecule has 0 spiro atoms. The van der Waals surface area contributed by atoms with E-state index in [4.69, 9.17) is 10.5 Å². The average molecular weight is 190 g/mol. The van der Waals surface area contributed by atoms with Gasteiger partial charge in [0.2, 0.25) is 0 Å². The van der Waals surface area contributed by atoms with Crippen LogP contribution in [0, 0.1) is 0 Å². The molecule has 0 aliphatic rings. The Labute approximate surface area is 82.9 Å². The van der Waals surface area contributed by atoms with Gasteiger partial charge in [-0.2, -0.15) is 0 Å². The highest BCUT2D eigenvalue weighted by atomic mass is 16.5. The highest BCUT2D eigenvalue weighted by molar-refractivity contribution is 5.79. The summed E-state index contributed by atoms with van der Waals surface area (Å²) in [5, 5.41) is 1.21. The van der Waals surface area contributed by atoms with Gasteiger partial charge in [-0.05, 0) is 23.1 Å². The number of nitrogens with one attached hydrogen (secondary N) is 1. The molecule has 0 saturated heterocycles. The van der Waals surface area contributed by atoms with E-state index in [0.717, 1.165) is 11.1 Å². The van der Waals surface area contributed by atoms with Crippen molar-refractivity contribution < 1.29 is 4.74 Å². The lowest BCUT2D eigenvalue weighted by Crippen LogP contribution is -2.15. The smallest absolute Gasteiger partial charge is 0.0655 e. The summed E-state index contributed by atoms with van der Waals surface area (Å²) in [4.78, 5) is 3.16. The zero-order valence-electron chi connectivity index (χ0n) is 8.16. The third-order valence-electron chi connectivity index (χ3n) is 2.35. The standard InChI is InChI=1S/C11H14N2O/c1-14-7-10(12)9-3-2-8-4-5-13-11(8)6-9/h2-6,10,13H,7,12H2,1H3/t10-/m1/s1. The van der Waals surface area contributed by atoms with E-state index < -0.39 is 0 Å². The number of hydrogen-bond acceptors (Lipinski definition) is 2. The van der Waals surface area contributed by atoms with Crippen molar-refractivity contribution in [1.82, 2.24) is 4.98 Å². The molecule has 3 N–H and O–H groups in total. The molecular weight excluding hydrogens is 176 g/mol. The van der Waals surface area contributed by atoms with E-state index in [1.165, 1.54) is 5.39 Å². The Kier molecular flexibility index (Phi) is 2.52. The lowest BCUT2D eigenvalue weighted by molar-refractivity contribution is 0.181. The molecule has 0 aliphatic heterocycles. The Morgan fingerprint density at radius 3 is 3.07 bits per heavy atom. The molecule has 1 atom stereocenters. The normalized spacial score (nSPS) is 13.3. The lowest BCUT2D eigenvalue weighted by Gasteiger charge is -2.10. The van der Waals surface area contributed by atoms with Gasteiger partial charge in [0, 0.05) is 18.8 Å². The van der Waals surface area contributed by atoms with Crippen molar-refractivity contribution >= 4 is 10.9 Å². The van der Waals surface area contributed by atoms with Gasteiger partial charge < -0.3 is 15.5 Å². The largest absolute Gasteiger partial charge is 0.383 e. The van der Waals surface area contributed by atoms with Crippen LogP contribution in [0.25, 0.3) is 10.9 Å². The highest BCUT2D eigenvalue weighted by Gasteiger charge is 2.05. The quantitative estimate of drug-likeness (QED) is 0.775. The molecule has 2 rings (SSSR count). The molecular formula is C11H14N2O. The van der Waals surface area contributed by atoms with E-state index in [-0.39, 0.29) is 6.04 Å². The van der Waals surface area contributed by atoms with Gasteiger partial charge in [0.1, 0.15) is 0 Å². The van der Waals surface area contributed by atoms with Gasteiger partial charge in [0.15, 0.2) is 0 Å². The van der Waals surface area contributed by atoms with Crippen molar-refractivity contribution in [1.29, 1.82) is 0 Å². The molecule has 2 aromatic rings. The van der Waals surface area contributed by atoms with E-state index in [1.807, 2.05) is 18.3 Å². The highest BCUT2D eigenvalue weighted by Crippen LogP contribution is 2.18. The molecule has 1 aromatic heterocycles. The zero-order chi connectivity index (χ0) is 9.97. The molecule has 0 unspecified atom stereocenters. The first-order valence-electron chi connectivity index (χ1n) is 4.63. The van der Waals surface area contributed by atoms with Crippen LogP contribution in [0.5, 0.6) is 0 Å². The van der Waals surface area contributed by atoms with Crippen molar-refractivity contribution in [2.45, 2.75) is 6.04 Å². The van der Waals surface area contributed by atoms with Gasteiger partial charge in [0.25, 0.3) is 0 Å². The second-order valence-electron chi connectivity index (χ2n) is 3.39. The second kappa shape index (κ2) is 3.82. The third-order valence-corrected chi connectivity index (χ3v) is 2.35. The number of nitrogens with two attached hydrogens (primary N) is 1. The Hall–Kier alpha value is -1.32. The van der Waals surface area contributed by atoms with Crippen LogP contribution in [-0.2, 0) is 4.74 Å². The Balaban J connectivity index is 2.33.